The van der Waals surface area contributed by atoms with Crippen molar-refractivity contribution >= 4 is 5.97 Å². The van der Waals surface area contributed by atoms with Gasteiger partial charge in [-0.25, -0.2) is 0 Å². The number of carbonyl (C=O) groups excluding carboxylic acids is 1. The highest BCUT2D eigenvalue weighted by molar-refractivity contribution is 5.66. The van der Waals surface area contributed by atoms with Gasteiger partial charge in [0.1, 0.15) is 11.9 Å². The van der Waals surface area contributed by atoms with E-state index in [0.717, 1.165) is 18.6 Å². The fourth-order valence-electron chi connectivity index (χ4n) is 6.45. The summed E-state index contributed by atoms with van der Waals surface area (Å²) in [7, 11) is 1.80. The molecule has 1 fully saturated rings. The van der Waals surface area contributed by atoms with Crippen molar-refractivity contribution in [2.24, 2.45) is 17.3 Å². The summed E-state index contributed by atoms with van der Waals surface area (Å²) in [6.07, 6.45) is 11.6. The Kier molecular flexibility index (Phi) is 3.54. The third-order valence-electron chi connectivity index (χ3n) is 7.77. The van der Waals surface area contributed by atoms with Crippen molar-refractivity contribution in [3.8, 4) is 5.75 Å². The summed E-state index contributed by atoms with van der Waals surface area (Å²) in [5.41, 5.74) is 6.32. The maximum Gasteiger partial charge on any atom is 0.303 e. The number of methoxy groups -OCH3 is 1. The Morgan fingerprint density at radius 1 is 1.15 bits per heavy atom. The summed E-state index contributed by atoms with van der Waals surface area (Å²) in [4.78, 5) is 11.5. The van der Waals surface area contributed by atoms with E-state index in [1.165, 1.54) is 43.7 Å². The first-order valence-electron chi connectivity index (χ1n) is 10.1. The molecule has 0 amide bonds. The molecule has 0 aromatic heterocycles. The first-order chi connectivity index (χ1) is 12.5. The van der Waals surface area contributed by atoms with E-state index in [2.05, 4.69) is 25.1 Å². The molecule has 5 atom stereocenters. The van der Waals surface area contributed by atoms with Crippen LogP contribution < -0.4 is 4.74 Å². The van der Waals surface area contributed by atoms with Crippen molar-refractivity contribution in [3.05, 3.63) is 40.5 Å². The van der Waals surface area contributed by atoms with Crippen molar-refractivity contribution in [2.45, 2.75) is 64.4 Å². The first kappa shape index (κ1) is 16.4. The molecule has 0 aliphatic heterocycles. The molecule has 3 nitrogen and oxygen atoms in total. The van der Waals surface area contributed by atoms with Gasteiger partial charge in [0.25, 0.3) is 0 Å². The smallest absolute Gasteiger partial charge is 0.303 e. The van der Waals surface area contributed by atoms with Crippen LogP contribution in [0.2, 0.25) is 0 Å². The van der Waals surface area contributed by atoms with Gasteiger partial charge in [0, 0.05) is 12.3 Å². The Bertz CT molecular complexity index is 808. The summed E-state index contributed by atoms with van der Waals surface area (Å²) in [6.45, 7) is 3.86. The first-order valence-corrected chi connectivity index (χ1v) is 10.1. The van der Waals surface area contributed by atoms with Crippen LogP contribution in [0.15, 0.2) is 18.2 Å². The van der Waals surface area contributed by atoms with Crippen LogP contribution in [0, 0.1) is 17.3 Å². The summed E-state index contributed by atoms with van der Waals surface area (Å²) < 4.78 is 11.3. The minimum Gasteiger partial charge on any atom is -0.496 e. The van der Waals surface area contributed by atoms with Crippen LogP contribution in [0.5, 0.6) is 5.75 Å². The molecule has 0 bridgehead atoms. The molecule has 26 heavy (non-hydrogen) atoms. The number of allylic oxidation sites excluding steroid dienone is 1. The second kappa shape index (κ2) is 5.61. The summed E-state index contributed by atoms with van der Waals surface area (Å²) in [6, 6.07) is 2.32. The van der Waals surface area contributed by atoms with Crippen LogP contribution in [0.25, 0.3) is 0 Å². The molecule has 1 aromatic rings. The third kappa shape index (κ3) is 2.09. The molecule has 4 aliphatic rings. The molecule has 0 spiro atoms. The number of hydrogen-bond donors (Lipinski definition) is 0. The lowest BCUT2D eigenvalue weighted by atomic mass is 9.54. The minimum absolute atomic E-state index is 0.0499. The molecule has 1 aromatic carbocycles. The van der Waals surface area contributed by atoms with E-state index in [9.17, 15) is 4.79 Å². The van der Waals surface area contributed by atoms with Crippen LogP contribution in [0.4, 0.5) is 0 Å². The van der Waals surface area contributed by atoms with Crippen LogP contribution in [0.3, 0.4) is 0 Å². The monoisotopic (exact) mass is 352 g/mol. The van der Waals surface area contributed by atoms with Crippen molar-refractivity contribution < 1.29 is 14.3 Å². The topological polar surface area (TPSA) is 35.5 Å². The maximum atomic E-state index is 11.5. The summed E-state index contributed by atoms with van der Waals surface area (Å²) >= 11 is 0. The van der Waals surface area contributed by atoms with Crippen LogP contribution >= 0.6 is 0 Å². The molecular weight excluding hydrogens is 324 g/mol. The van der Waals surface area contributed by atoms with E-state index < -0.39 is 0 Å². The molecular formula is C23H28O3. The highest BCUT2D eigenvalue weighted by atomic mass is 16.5. The number of carbonyl (C=O) groups is 1. The molecule has 138 valence electrons. The van der Waals surface area contributed by atoms with E-state index in [1.807, 2.05) is 0 Å². The van der Waals surface area contributed by atoms with Crippen LogP contribution in [-0.4, -0.2) is 19.2 Å². The van der Waals surface area contributed by atoms with E-state index in [1.54, 1.807) is 18.2 Å². The number of aryl methyl sites for hydroxylation is 1. The molecule has 0 radical (unpaired) electrons. The molecule has 0 heterocycles. The van der Waals surface area contributed by atoms with Gasteiger partial charge in [0.15, 0.2) is 0 Å². The molecule has 0 N–H and O–H groups in total. The molecule has 4 aliphatic carbocycles. The fourth-order valence-corrected chi connectivity index (χ4v) is 6.45. The van der Waals surface area contributed by atoms with Gasteiger partial charge >= 0.3 is 5.97 Å². The largest absolute Gasteiger partial charge is 0.496 e. The van der Waals surface area contributed by atoms with Crippen molar-refractivity contribution in [3.63, 3.8) is 0 Å². The molecule has 0 saturated heterocycles. The van der Waals surface area contributed by atoms with Crippen LogP contribution in [-0.2, 0) is 28.8 Å². The van der Waals surface area contributed by atoms with E-state index in [0.29, 0.717) is 17.8 Å². The SMILES string of the molecule is COc1cc2c(c3c1CC3)[C@H]1CC[C@]3(C)[C@H](OC(C)=O)C=C[C@H]3[C@@H]1CC2. The van der Waals surface area contributed by atoms with Gasteiger partial charge in [-0.2, -0.15) is 0 Å². The van der Waals surface area contributed by atoms with Gasteiger partial charge in [-0.1, -0.05) is 13.0 Å². The zero-order valence-corrected chi connectivity index (χ0v) is 16.0. The zero-order valence-electron chi connectivity index (χ0n) is 16.0. The summed E-state index contributed by atoms with van der Waals surface area (Å²) in [5, 5.41) is 0. The predicted octanol–water partition coefficient (Wildman–Crippen LogP) is 4.36. The predicted molar refractivity (Wildman–Crippen MR) is 100 cm³/mol. The van der Waals surface area contributed by atoms with Crippen molar-refractivity contribution in [1.82, 2.24) is 0 Å². The number of esters is 1. The average Bonchev–Trinajstić information content (AvgIpc) is 2.90. The summed E-state index contributed by atoms with van der Waals surface area (Å²) in [5.74, 6) is 2.82. The zero-order chi connectivity index (χ0) is 18.1. The highest BCUT2D eigenvalue weighted by Gasteiger charge is 2.54. The number of hydrogen-bond acceptors (Lipinski definition) is 3. The number of fused-ring (bicyclic) bond motifs is 7. The second-order valence-electron chi connectivity index (χ2n) is 8.90. The average molecular weight is 352 g/mol. The minimum atomic E-state index is -0.161. The molecule has 3 heteroatoms. The lowest BCUT2D eigenvalue weighted by Gasteiger charge is -2.51. The van der Waals surface area contributed by atoms with Gasteiger partial charge in [-0.15, -0.1) is 0 Å². The lowest BCUT2D eigenvalue weighted by Crippen LogP contribution is -2.46. The van der Waals surface area contributed by atoms with E-state index in [-0.39, 0.29) is 17.5 Å². The second-order valence-corrected chi connectivity index (χ2v) is 8.90. The Hall–Kier alpha value is -1.77. The lowest BCUT2D eigenvalue weighted by molar-refractivity contribution is -0.152. The van der Waals surface area contributed by atoms with Crippen molar-refractivity contribution in [2.75, 3.05) is 7.11 Å². The Balaban J connectivity index is 1.51. The van der Waals surface area contributed by atoms with Gasteiger partial charge in [-0.05, 0) is 90.7 Å². The highest BCUT2D eigenvalue weighted by Crippen LogP contribution is 2.60. The Morgan fingerprint density at radius 3 is 2.65 bits per heavy atom. The van der Waals surface area contributed by atoms with Crippen LogP contribution in [0.1, 0.15) is 61.3 Å². The van der Waals surface area contributed by atoms with Gasteiger partial charge in [0.05, 0.1) is 7.11 Å². The van der Waals surface area contributed by atoms with Crippen molar-refractivity contribution in [1.29, 1.82) is 0 Å². The quantitative estimate of drug-likeness (QED) is 0.586. The number of ether oxygens (including phenoxy) is 2. The Morgan fingerprint density at radius 2 is 1.96 bits per heavy atom. The standard InChI is InChI=1S/C23H28O3/c1-13(24)26-21-9-8-19-15-5-4-14-12-20(25-3)16-6-7-17(16)22(14)18(15)10-11-23(19,21)2/h8-9,12,15,18-19,21H,4-7,10-11H2,1-3H3/t15-,18+,19+,21-,23+/m1/s1. The van der Waals surface area contributed by atoms with E-state index >= 15 is 0 Å². The molecule has 5 rings (SSSR count). The van der Waals surface area contributed by atoms with Gasteiger partial charge in [-0.3, -0.25) is 4.79 Å². The normalized spacial score (nSPS) is 36.3. The van der Waals surface area contributed by atoms with Gasteiger partial charge in [0.2, 0.25) is 0 Å². The number of benzene rings is 1. The molecule has 0 unspecified atom stereocenters. The fraction of sp³-hybridized carbons (Fsp3) is 0.609. The molecule has 1 saturated carbocycles. The maximum absolute atomic E-state index is 11.5. The Labute approximate surface area is 155 Å². The number of rotatable bonds is 2. The van der Waals surface area contributed by atoms with E-state index in [4.69, 9.17) is 9.47 Å². The third-order valence-corrected chi connectivity index (χ3v) is 7.77. The van der Waals surface area contributed by atoms with Gasteiger partial charge < -0.3 is 9.47 Å².